The van der Waals surface area contributed by atoms with Gasteiger partial charge in [0.1, 0.15) is 6.61 Å². The third kappa shape index (κ3) is 5.32. The number of carbonyl (C=O) groups is 1. The van der Waals surface area contributed by atoms with E-state index in [0.29, 0.717) is 16.9 Å². The molecule has 0 radical (unpaired) electrons. The van der Waals surface area contributed by atoms with Gasteiger partial charge in [-0.25, -0.2) is 10.2 Å². The molecule has 0 spiro atoms. The third-order valence-corrected chi connectivity index (χ3v) is 3.65. The van der Waals surface area contributed by atoms with Crippen LogP contribution in [0.3, 0.4) is 0 Å². The second-order valence-corrected chi connectivity index (χ2v) is 5.48. The molecule has 0 heterocycles. The maximum absolute atomic E-state index is 11.1. The Morgan fingerprint density at radius 3 is 2.74 bits per heavy atom. The Hall–Kier alpha value is -3.33. The number of nitro groups is 1. The topological polar surface area (TPSA) is 112 Å². The Morgan fingerprint density at radius 2 is 2.07 bits per heavy atom. The van der Waals surface area contributed by atoms with Gasteiger partial charge in [0, 0.05) is 6.07 Å². The van der Waals surface area contributed by atoms with Crippen molar-refractivity contribution in [3.05, 3.63) is 62.7 Å². The SMILES string of the molecule is COC(=O)N/N=C/c1cc(Cl)c(OCc2ccccc2[N+](=O)[O-])c(OC)c1. The molecule has 9 nitrogen and oxygen atoms in total. The lowest BCUT2D eigenvalue weighted by Gasteiger charge is -2.13. The van der Waals surface area contributed by atoms with Crippen LogP contribution in [0.1, 0.15) is 11.1 Å². The lowest BCUT2D eigenvalue weighted by molar-refractivity contribution is -0.385. The number of ether oxygens (including phenoxy) is 3. The predicted molar refractivity (Wildman–Crippen MR) is 98.6 cm³/mol. The molecule has 0 fully saturated rings. The molecule has 142 valence electrons. The number of hydrogen-bond acceptors (Lipinski definition) is 7. The van der Waals surface area contributed by atoms with E-state index in [1.165, 1.54) is 26.5 Å². The number of carbonyl (C=O) groups excluding carboxylic acids is 1. The minimum Gasteiger partial charge on any atom is -0.493 e. The van der Waals surface area contributed by atoms with Crippen molar-refractivity contribution in [2.24, 2.45) is 5.10 Å². The summed E-state index contributed by atoms with van der Waals surface area (Å²) in [6, 6.07) is 9.37. The average molecular weight is 394 g/mol. The van der Waals surface area contributed by atoms with Gasteiger partial charge in [-0.15, -0.1) is 0 Å². The molecule has 0 aliphatic heterocycles. The average Bonchev–Trinajstić information content (AvgIpc) is 2.66. The molecule has 0 atom stereocenters. The van der Waals surface area contributed by atoms with E-state index in [1.54, 1.807) is 30.3 Å². The second kappa shape index (κ2) is 9.39. The molecule has 2 rings (SSSR count). The standard InChI is InChI=1S/C17H16ClN3O6/c1-25-15-8-11(9-19-20-17(22)26-2)7-13(18)16(15)27-10-12-5-3-4-6-14(12)21(23)24/h3-9H,10H2,1-2H3,(H,20,22)/b19-9+. The van der Waals surface area contributed by atoms with Crippen molar-refractivity contribution in [3.8, 4) is 11.5 Å². The van der Waals surface area contributed by atoms with E-state index in [4.69, 9.17) is 21.1 Å². The van der Waals surface area contributed by atoms with Gasteiger partial charge in [0.15, 0.2) is 11.5 Å². The molecule has 1 N–H and O–H groups in total. The van der Waals surface area contributed by atoms with Crippen molar-refractivity contribution in [1.82, 2.24) is 5.43 Å². The summed E-state index contributed by atoms with van der Waals surface area (Å²) in [6.07, 6.45) is 0.630. The molecule has 10 heteroatoms. The van der Waals surface area contributed by atoms with Gasteiger partial charge in [0.2, 0.25) is 0 Å². The van der Waals surface area contributed by atoms with Crippen molar-refractivity contribution in [2.45, 2.75) is 6.61 Å². The second-order valence-electron chi connectivity index (χ2n) is 5.07. The van der Waals surface area contributed by atoms with Crippen LogP contribution in [0.2, 0.25) is 5.02 Å². The van der Waals surface area contributed by atoms with Crippen LogP contribution in [0, 0.1) is 10.1 Å². The molecule has 0 aliphatic carbocycles. The molecule has 0 saturated heterocycles. The van der Waals surface area contributed by atoms with E-state index >= 15 is 0 Å². The van der Waals surface area contributed by atoms with E-state index in [1.807, 2.05) is 0 Å². The van der Waals surface area contributed by atoms with Crippen LogP contribution in [-0.2, 0) is 11.3 Å². The first-order chi connectivity index (χ1) is 13.0. The molecule has 0 aromatic heterocycles. The zero-order valence-corrected chi connectivity index (χ0v) is 15.2. The zero-order chi connectivity index (χ0) is 19.8. The number of hydrazone groups is 1. The number of nitro benzene ring substituents is 1. The number of nitrogens with one attached hydrogen (secondary N) is 1. The normalized spacial score (nSPS) is 10.5. The molecule has 2 aromatic rings. The Morgan fingerprint density at radius 1 is 1.33 bits per heavy atom. The maximum atomic E-state index is 11.1. The van der Waals surface area contributed by atoms with Crippen molar-refractivity contribution >= 4 is 29.6 Å². The van der Waals surface area contributed by atoms with Gasteiger partial charge in [-0.05, 0) is 23.8 Å². The highest BCUT2D eigenvalue weighted by Crippen LogP contribution is 2.37. The zero-order valence-electron chi connectivity index (χ0n) is 14.5. The molecule has 27 heavy (non-hydrogen) atoms. The number of hydrogen-bond donors (Lipinski definition) is 1. The Kier molecular flexibility index (Phi) is 6.95. The quantitative estimate of drug-likeness (QED) is 0.437. The fourth-order valence-electron chi connectivity index (χ4n) is 2.12. The van der Waals surface area contributed by atoms with Gasteiger partial charge in [0.05, 0.1) is 35.9 Å². The van der Waals surface area contributed by atoms with E-state index in [2.05, 4.69) is 15.3 Å². The molecular formula is C17H16ClN3O6. The molecule has 0 saturated carbocycles. The molecule has 0 unspecified atom stereocenters. The Labute approximate surface area is 159 Å². The highest BCUT2D eigenvalue weighted by Gasteiger charge is 2.16. The maximum Gasteiger partial charge on any atom is 0.427 e. The number of methoxy groups -OCH3 is 2. The number of nitrogens with zero attached hydrogens (tertiary/aromatic N) is 2. The van der Waals surface area contributed by atoms with Gasteiger partial charge < -0.3 is 14.2 Å². The van der Waals surface area contributed by atoms with Gasteiger partial charge in [-0.3, -0.25) is 10.1 Å². The summed E-state index contributed by atoms with van der Waals surface area (Å²) in [5.74, 6) is 0.538. The van der Waals surface area contributed by atoms with E-state index < -0.39 is 11.0 Å². The van der Waals surface area contributed by atoms with Crippen LogP contribution in [0.4, 0.5) is 10.5 Å². The first kappa shape index (κ1) is 20.0. The summed E-state index contributed by atoms with van der Waals surface area (Å²) < 4.78 is 15.3. The number of halogens is 1. The predicted octanol–water partition coefficient (Wildman–Crippen LogP) is 3.53. The first-order valence-electron chi connectivity index (χ1n) is 7.56. The molecule has 0 bridgehead atoms. The van der Waals surface area contributed by atoms with Crippen LogP contribution >= 0.6 is 11.6 Å². The smallest absolute Gasteiger partial charge is 0.427 e. The minimum atomic E-state index is -0.714. The largest absolute Gasteiger partial charge is 0.493 e. The summed E-state index contributed by atoms with van der Waals surface area (Å²) in [7, 11) is 2.64. The molecule has 1 amide bonds. The number of para-hydroxylation sites is 1. The highest BCUT2D eigenvalue weighted by atomic mass is 35.5. The summed E-state index contributed by atoms with van der Waals surface area (Å²) in [5.41, 5.74) is 3.02. The van der Waals surface area contributed by atoms with Crippen molar-refractivity contribution in [1.29, 1.82) is 0 Å². The van der Waals surface area contributed by atoms with E-state index in [9.17, 15) is 14.9 Å². The lowest BCUT2D eigenvalue weighted by atomic mass is 10.2. The summed E-state index contributed by atoms with van der Waals surface area (Å²) in [5, 5.41) is 15.0. The Balaban J connectivity index is 2.20. The minimum absolute atomic E-state index is 0.0507. The van der Waals surface area contributed by atoms with Gasteiger partial charge in [-0.2, -0.15) is 5.10 Å². The fourth-order valence-corrected chi connectivity index (χ4v) is 2.39. The van der Waals surface area contributed by atoms with E-state index in [-0.39, 0.29) is 23.1 Å². The molecule has 0 aliphatic rings. The summed E-state index contributed by atoms with van der Waals surface area (Å²) in [6.45, 7) is -0.0649. The Bertz CT molecular complexity index is 872. The van der Waals surface area contributed by atoms with Crippen molar-refractivity contribution in [2.75, 3.05) is 14.2 Å². The lowest BCUT2D eigenvalue weighted by Crippen LogP contribution is -2.16. The van der Waals surface area contributed by atoms with Crippen LogP contribution in [0.5, 0.6) is 11.5 Å². The van der Waals surface area contributed by atoms with Crippen LogP contribution in [-0.4, -0.2) is 31.5 Å². The van der Waals surface area contributed by atoms with Crippen molar-refractivity contribution < 1.29 is 23.9 Å². The van der Waals surface area contributed by atoms with Gasteiger partial charge in [0.25, 0.3) is 5.69 Å². The number of rotatable bonds is 7. The van der Waals surface area contributed by atoms with Crippen LogP contribution in [0.25, 0.3) is 0 Å². The number of amides is 1. The van der Waals surface area contributed by atoms with Gasteiger partial charge in [-0.1, -0.05) is 23.7 Å². The highest BCUT2D eigenvalue weighted by molar-refractivity contribution is 6.32. The van der Waals surface area contributed by atoms with Crippen molar-refractivity contribution in [3.63, 3.8) is 0 Å². The number of benzene rings is 2. The fraction of sp³-hybridized carbons (Fsp3) is 0.176. The third-order valence-electron chi connectivity index (χ3n) is 3.37. The summed E-state index contributed by atoms with van der Waals surface area (Å²) >= 11 is 6.24. The molecule has 2 aromatic carbocycles. The van der Waals surface area contributed by atoms with E-state index in [0.717, 1.165) is 0 Å². The monoisotopic (exact) mass is 393 g/mol. The summed E-state index contributed by atoms with van der Waals surface area (Å²) in [4.78, 5) is 21.6. The van der Waals surface area contributed by atoms with Gasteiger partial charge >= 0.3 is 6.09 Å². The van der Waals surface area contributed by atoms with Crippen LogP contribution in [0.15, 0.2) is 41.5 Å². The molecular weight excluding hydrogens is 378 g/mol. The van der Waals surface area contributed by atoms with Crippen LogP contribution < -0.4 is 14.9 Å². The first-order valence-corrected chi connectivity index (χ1v) is 7.93.